The summed E-state index contributed by atoms with van der Waals surface area (Å²) in [7, 11) is 0. The molecular formula is C19H18N2O. The van der Waals surface area contributed by atoms with Gasteiger partial charge in [-0.05, 0) is 55.0 Å². The Kier molecular flexibility index (Phi) is 1.97. The molecule has 0 saturated carbocycles. The van der Waals surface area contributed by atoms with E-state index in [4.69, 9.17) is 9.72 Å². The first-order chi connectivity index (χ1) is 10.9. The van der Waals surface area contributed by atoms with E-state index < -0.39 is 0 Å². The van der Waals surface area contributed by atoms with Gasteiger partial charge in [-0.3, -0.25) is 4.98 Å². The second-order valence-corrected chi connectivity index (χ2v) is 7.29. The summed E-state index contributed by atoms with van der Waals surface area (Å²) >= 11 is 0. The highest BCUT2D eigenvalue weighted by atomic mass is 16.6. The minimum atomic E-state index is 0.270. The summed E-state index contributed by atoms with van der Waals surface area (Å²) in [6, 6.07) is 9.48. The van der Waals surface area contributed by atoms with Crippen LogP contribution in [-0.2, 0) is 24.7 Å². The number of fused-ring (bicyclic) bond motifs is 4. The summed E-state index contributed by atoms with van der Waals surface area (Å²) < 4.78 is 5.70. The Morgan fingerprint density at radius 3 is 3.23 bits per heavy atom. The van der Waals surface area contributed by atoms with Gasteiger partial charge in [0.15, 0.2) is 11.5 Å². The molecule has 1 aromatic carbocycles. The van der Waals surface area contributed by atoms with Crippen molar-refractivity contribution in [3.8, 4) is 11.5 Å². The molecule has 2 bridgehead atoms. The van der Waals surface area contributed by atoms with Crippen molar-refractivity contribution in [1.29, 1.82) is 0 Å². The Hall–Kier alpha value is -1.87. The molecule has 1 saturated heterocycles. The molecule has 2 aliphatic heterocycles. The fourth-order valence-electron chi connectivity index (χ4n) is 5.42. The van der Waals surface area contributed by atoms with Crippen molar-refractivity contribution < 1.29 is 4.74 Å². The summed E-state index contributed by atoms with van der Waals surface area (Å²) in [5.74, 6) is 2.97. The number of pyridine rings is 1. The number of benzene rings is 1. The largest absolute Gasteiger partial charge is 0.449 e. The van der Waals surface area contributed by atoms with E-state index >= 15 is 0 Å². The number of ether oxygens (including phenoxy) is 1. The minimum Gasteiger partial charge on any atom is -0.449 e. The van der Waals surface area contributed by atoms with Crippen LogP contribution in [0.3, 0.4) is 0 Å². The third-order valence-electron chi connectivity index (χ3n) is 6.44. The van der Waals surface area contributed by atoms with Gasteiger partial charge in [-0.2, -0.15) is 0 Å². The fraction of sp³-hybridized carbons (Fsp3) is 0.421. The number of piperidine rings is 1. The molecule has 1 fully saturated rings. The maximum Gasteiger partial charge on any atom is 0.173 e. The second kappa shape index (κ2) is 3.72. The molecule has 0 radical (unpaired) electrons. The van der Waals surface area contributed by atoms with Gasteiger partial charge >= 0.3 is 0 Å². The molecule has 0 unspecified atom stereocenters. The van der Waals surface area contributed by atoms with E-state index in [-0.39, 0.29) is 5.41 Å². The highest BCUT2D eigenvalue weighted by Crippen LogP contribution is 2.59. The summed E-state index contributed by atoms with van der Waals surface area (Å²) in [6.45, 7) is 1.13. The number of rotatable bonds is 0. The maximum atomic E-state index is 5.70. The van der Waals surface area contributed by atoms with Gasteiger partial charge in [0.05, 0.1) is 0 Å². The Morgan fingerprint density at radius 2 is 2.23 bits per heavy atom. The molecule has 110 valence electrons. The molecule has 0 spiro atoms. The predicted molar refractivity (Wildman–Crippen MR) is 83.4 cm³/mol. The van der Waals surface area contributed by atoms with Crippen LogP contribution < -0.4 is 10.1 Å². The normalized spacial score (nSPS) is 32.9. The summed E-state index contributed by atoms with van der Waals surface area (Å²) in [4.78, 5) is 4.71. The fourth-order valence-corrected chi connectivity index (χ4v) is 5.42. The number of hydrogen-bond donors (Lipinski definition) is 1. The van der Waals surface area contributed by atoms with Gasteiger partial charge in [0, 0.05) is 35.3 Å². The average molecular weight is 290 g/mol. The van der Waals surface area contributed by atoms with E-state index in [1.54, 1.807) is 5.56 Å². The first kappa shape index (κ1) is 11.7. The monoisotopic (exact) mass is 290 g/mol. The zero-order valence-corrected chi connectivity index (χ0v) is 12.4. The van der Waals surface area contributed by atoms with Crippen molar-refractivity contribution in [1.82, 2.24) is 10.3 Å². The molecule has 4 aliphatic rings. The van der Waals surface area contributed by atoms with Gasteiger partial charge in [-0.25, -0.2) is 0 Å². The van der Waals surface area contributed by atoms with Gasteiger partial charge in [-0.1, -0.05) is 12.1 Å². The van der Waals surface area contributed by atoms with Crippen molar-refractivity contribution in [2.24, 2.45) is 5.92 Å². The third kappa shape index (κ3) is 1.29. The Labute approximate surface area is 129 Å². The van der Waals surface area contributed by atoms with Gasteiger partial charge in [0.1, 0.15) is 0 Å². The molecule has 0 amide bonds. The molecule has 6 rings (SSSR count). The molecule has 3 heteroatoms. The van der Waals surface area contributed by atoms with Crippen LogP contribution in [0, 0.1) is 5.92 Å². The topological polar surface area (TPSA) is 37.5 Å². The molecule has 3 atom stereocenters. The predicted octanol–water partition coefficient (Wildman–Crippen LogP) is 2.76. The lowest BCUT2D eigenvalue weighted by Gasteiger charge is -2.55. The van der Waals surface area contributed by atoms with Crippen LogP contribution in [-0.4, -0.2) is 17.6 Å². The standard InChI is InChI=1S/C19H18N2O/c1-2-11-8-14-15-9-12-13(3-4-17-18(12)22-17)19(14,5-7-21-15)10-16(11)20-6-1/h1-4,6,14-15,21H,5,7-10H2/t14-,15+,19+/m0/s1. The SMILES string of the molecule is c1cnc2c(c1)C[C@H]1[C@H]3Cc4c(ccc5c4O5)[C@@]1(CCN3)C2. The van der Waals surface area contributed by atoms with Gasteiger partial charge < -0.3 is 10.1 Å². The van der Waals surface area contributed by atoms with E-state index in [2.05, 4.69) is 29.6 Å². The molecule has 22 heavy (non-hydrogen) atoms. The highest BCUT2D eigenvalue weighted by molar-refractivity contribution is 5.65. The van der Waals surface area contributed by atoms with Crippen molar-refractivity contribution in [2.45, 2.75) is 37.1 Å². The number of hydrogen-bond acceptors (Lipinski definition) is 3. The van der Waals surface area contributed by atoms with Crippen LogP contribution in [0.4, 0.5) is 0 Å². The smallest absolute Gasteiger partial charge is 0.173 e. The molecule has 2 aliphatic carbocycles. The molecule has 1 aromatic heterocycles. The van der Waals surface area contributed by atoms with E-state index in [0.29, 0.717) is 12.0 Å². The Bertz CT molecular complexity index is 815. The van der Waals surface area contributed by atoms with Crippen LogP contribution in [0.15, 0.2) is 30.5 Å². The lowest BCUT2D eigenvalue weighted by atomic mass is 9.52. The first-order valence-electron chi connectivity index (χ1n) is 8.35. The van der Waals surface area contributed by atoms with E-state index in [0.717, 1.165) is 31.6 Å². The molecule has 3 nitrogen and oxygen atoms in total. The van der Waals surface area contributed by atoms with Crippen LogP contribution in [0.5, 0.6) is 11.5 Å². The van der Waals surface area contributed by atoms with Crippen LogP contribution >= 0.6 is 0 Å². The summed E-state index contributed by atoms with van der Waals surface area (Å²) in [5, 5.41) is 3.79. The molecule has 1 N–H and O–H groups in total. The zero-order valence-electron chi connectivity index (χ0n) is 12.4. The van der Waals surface area contributed by atoms with Gasteiger partial charge in [0.2, 0.25) is 0 Å². The third-order valence-corrected chi connectivity index (χ3v) is 6.44. The molecular weight excluding hydrogens is 272 g/mol. The first-order valence-corrected chi connectivity index (χ1v) is 8.35. The number of aromatic nitrogens is 1. The quantitative estimate of drug-likeness (QED) is 0.647. The lowest BCUT2D eigenvalue weighted by Crippen LogP contribution is -2.61. The van der Waals surface area contributed by atoms with Crippen molar-refractivity contribution in [3.05, 3.63) is 52.8 Å². The van der Waals surface area contributed by atoms with Crippen molar-refractivity contribution in [2.75, 3.05) is 6.54 Å². The van der Waals surface area contributed by atoms with Crippen LogP contribution in [0.25, 0.3) is 0 Å². The van der Waals surface area contributed by atoms with Crippen molar-refractivity contribution >= 4 is 0 Å². The van der Waals surface area contributed by atoms with Crippen LogP contribution in [0.1, 0.15) is 28.8 Å². The van der Waals surface area contributed by atoms with Gasteiger partial charge in [-0.15, -0.1) is 0 Å². The minimum absolute atomic E-state index is 0.270. The second-order valence-electron chi connectivity index (χ2n) is 7.29. The van der Waals surface area contributed by atoms with Gasteiger partial charge in [0.25, 0.3) is 0 Å². The number of nitrogens with zero attached hydrogens (tertiary/aromatic N) is 1. The zero-order chi connectivity index (χ0) is 14.3. The molecule has 3 heterocycles. The average Bonchev–Trinajstić information content (AvgIpc) is 3.32. The maximum absolute atomic E-state index is 5.70. The summed E-state index contributed by atoms with van der Waals surface area (Å²) in [5.41, 5.74) is 6.08. The van der Waals surface area contributed by atoms with E-state index in [1.807, 2.05) is 6.20 Å². The van der Waals surface area contributed by atoms with Crippen molar-refractivity contribution in [3.63, 3.8) is 0 Å². The van der Waals surface area contributed by atoms with E-state index in [9.17, 15) is 0 Å². The summed E-state index contributed by atoms with van der Waals surface area (Å²) in [6.07, 6.45) is 6.56. The highest BCUT2D eigenvalue weighted by Gasteiger charge is 2.54. The lowest BCUT2D eigenvalue weighted by molar-refractivity contribution is 0.114. The van der Waals surface area contributed by atoms with Crippen LogP contribution in [0.2, 0.25) is 0 Å². The Morgan fingerprint density at radius 1 is 1.23 bits per heavy atom. The number of nitrogens with one attached hydrogen (secondary N) is 1. The van der Waals surface area contributed by atoms with E-state index in [1.165, 1.54) is 29.0 Å². The molecule has 2 aromatic rings. The Balaban J connectivity index is 1.61.